The van der Waals surface area contributed by atoms with Gasteiger partial charge in [-0.05, 0) is 26.2 Å². The molecule has 0 aliphatic heterocycles. The first-order valence-corrected chi connectivity index (χ1v) is 5.09. The van der Waals surface area contributed by atoms with Crippen LogP contribution in [0.2, 0.25) is 5.15 Å². The number of halogens is 1. The first-order valence-electron chi connectivity index (χ1n) is 4.72. The van der Waals surface area contributed by atoms with E-state index in [0.717, 1.165) is 29.4 Å². The summed E-state index contributed by atoms with van der Waals surface area (Å²) in [6.07, 6.45) is 1.13. The first kappa shape index (κ1) is 10.6. The molecule has 74 valence electrons. The van der Waals surface area contributed by atoms with E-state index in [1.807, 2.05) is 18.5 Å². The second-order valence-electron chi connectivity index (χ2n) is 3.91. The molecule has 2 nitrogen and oxygen atoms in total. The maximum Gasteiger partial charge on any atom is 0.130 e. The largest absolute Gasteiger partial charge is 0.253 e. The van der Waals surface area contributed by atoms with Gasteiger partial charge in [0.15, 0.2) is 0 Å². The van der Waals surface area contributed by atoms with Gasteiger partial charge in [-0.1, -0.05) is 25.4 Å². The molecule has 1 aromatic rings. The highest BCUT2D eigenvalue weighted by molar-refractivity contribution is 6.30. The summed E-state index contributed by atoms with van der Waals surface area (Å²) >= 11 is 6.10. The topological polar surface area (TPSA) is 17.8 Å². The Morgan fingerprint density at radius 1 is 1.38 bits per heavy atom. The van der Waals surface area contributed by atoms with Crippen LogP contribution >= 0.6 is 11.6 Å². The number of nitrogens with zero attached hydrogens (tertiary/aromatic N) is 2. The molecule has 0 fully saturated rings. The van der Waals surface area contributed by atoms with Gasteiger partial charge in [-0.15, -0.1) is 0 Å². The molecule has 0 aliphatic carbocycles. The highest BCUT2D eigenvalue weighted by Gasteiger charge is 2.08. The minimum Gasteiger partial charge on any atom is -0.253 e. The maximum absolute atomic E-state index is 6.10. The summed E-state index contributed by atoms with van der Waals surface area (Å²) in [5.74, 6) is 0.695. The van der Waals surface area contributed by atoms with Crippen molar-refractivity contribution in [2.45, 2.75) is 40.7 Å². The third-order valence-electron chi connectivity index (χ3n) is 2.27. The highest BCUT2D eigenvalue weighted by atomic mass is 35.5. The molecule has 0 saturated heterocycles. The fourth-order valence-corrected chi connectivity index (χ4v) is 1.43. The second kappa shape index (κ2) is 4.14. The summed E-state index contributed by atoms with van der Waals surface area (Å²) in [5.41, 5.74) is 2.14. The summed E-state index contributed by atoms with van der Waals surface area (Å²) in [5, 5.41) is 5.16. The minimum absolute atomic E-state index is 0.695. The van der Waals surface area contributed by atoms with Gasteiger partial charge in [0.2, 0.25) is 0 Å². The van der Waals surface area contributed by atoms with Crippen LogP contribution in [-0.4, -0.2) is 9.78 Å². The zero-order valence-corrected chi connectivity index (χ0v) is 9.52. The number of aryl methyl sites for hydroxylation is 2. The Bertz CT molecular complexity index is 289. The Morgan fingerprint density at radius 3 is 2.38 bits per heavy atom. The first-order chi connectivity index (χ1) is 6.02. The standard InChI is InChI=1S/C10H17ClN2/c1-7(2)5-6-13-10(11)8(3)9(4)12-13/h7H,5-6H2,1-4H3. The maximum atomic E-state index is 6.10. The van der Waals surface area contributed by atoms with E-state index in [1.54, 1.807) is 0 Å². The lowest BCUT2D eigenvalue weighted by Crippen LogP contribution is -2.03. The summed E-state index contributed by atoms with van der Waals surface area (Å²) < 4.78 is 1.90. The lowest BCUT2D eigenvalue weighted by Gasteiger charge is -2.05. The summed E-state index contributed by atoms with van der Waals surface area (Å²) in [4.78, 5) is 0. The molecule has 0 spiro atoms. The molecule has 0 unspecified atom stereocenters. The predicted octanol–water partition coefficient (Wildman–Crippen LogP) is 3.20. The summed E-state index contributed by atoms with van der Waals surface area (Å²) in [6.45, 7) is 9.34. The van der Waals surface area contributed by atoms with Crippen LogP contribution in [-0.2, 0) is 6.54 Å². The summed E-state index contributed by atoms with van der Waals surface area (Å²) in [7, 11) is 0. The van der Waals surface area contributed by atoms with Gasteiger partial charge in [0.25, 0.3) is 0 Å². The number of rotatable bonds is 3. The van der Waals surface area contributed by atoms with Crippen molar-refractivity contribution >= 4 is 11.6 Å². The van der Waals surface area contributed by atoms with Crippen molar-refractivity contribution in [3.8, 4) is 0 Å². The molecule has 13 heavy (non-hydrogen) atoms. The average Bonchev–Trinajstić information content (AvgIpc) is 2.29. The Morgan fingerprint density at radius 2 is 2.00 bits per heavy atom. The molecule has 1 aromatic heterocycles. The molecule has 0 N–H and O–H groups in total. The Balaban J connectivity index is 2.72. The monoisotopic (exact) mass is 200 g/mol. The van der Waals surface area contributed by atoms with Crippen molar-refractivity contribution in [3.63, 3.8) is 0 Å². The number of hydrogen-bond acceptors (Lipinski definition) is 1. The zero-order valence-electron chi connectivity index (χ0n) is 8.76. The van der Waals surface area contributed by atoms with Crippen molar-refractivity contribution in [2.75, 3.05) is 0 Å². The van der Waals surface area contributed by atoms with E-state index in [1.165, 1.54) is 0 Å². The summed E-state index contributed by atoms with van der Waals surface area (Å²) in [6, 6.07) is 0. The van der Waals surface area contributed by atoms with Crippen molar-refractivity contribution in [3.05, 3.63) is 16.4 Å². The van der Waals surface area contributed by atoms with Gasteiger partial charge < -0.3 is 0 Å². The molecule has 3 heteroatoms. The quantitative estimate of drug-likeness (QED) is 0.733. The number of aromatic nitrogens is 2. The Hall–Kier alpha value is -0.500. The fraction of sp³-hybridized carbons (Fsp3) is 0.700. The predicted molar refractivity (Wildman–Crippen MR) is 56.2 cm³/mol. The average molecular weight is 201 g/mol. The van der Waals surface area contributed by atoms with E-state index in [9.17, 15) is 0 Å². The second-order valence-corrected chi connectivity index (χ2v) is 4.26. The van der Waals surface area contributed by atoms with Crippen LogP contribution < -0.4 is 0 Å². The Labute approximate surface area is 84.9 Å². The van der Waals surface area contributed by atoms with Gasteiger partial charge in [0, 0.05) is 12.1 Å². The zero-order chi connectivity index (χ0) is 10.0. The van der Waals surface area contributed by atoms with Gasteiger partial charge in [-0.3, -0.25) is 4.68 Å². The molecule has 1 rings (SSSR count). The third-order valence-corrected chi connectivity index (χ3v) is 2.75. The minimum atomic E-state index is 0.695. The van der Waals surface area contributed by atoms with Gasteiger partial charge in [0.05, 0.1) is 5.69 Å². The van der Waals surface area contributed by atoms with Crippen LogP contribution in [0.5, 0.6) is 0 Å². The number of hydrogen-bond donors (Lipinski definition) is 0. The van der Waals surface area contributed by atoms with Gasteiger partial charge >= 0.3 is 0 Å². The van der Waals surface area contributed by atoms with E-state index < -0.39 is 0 Å². The van der Waals surface area contributed by atoms with Crippen molar-refractivity contribution in [2.24, 2.45) is 5.92 Å². The smallest absolute Gasteiger partial charge is 0.130 e. The van der Waals surface area contributed by atoms with E-state index in [0.29, 0.717) is 5.92 Å². The highest BCUT2D eigenvalue weighted by Crippen LogP contribution is 2.18. The Kier molecular flexibility index (Phi) is 3.37. The van der Waals surface area contributed by atoms with Crippen LogP contribution in [0.3, 0.4) is 0 Å². The lowest BCUT2D eigenvalue weighted by atomic mass is 10.1. The van der Waals surface area contributed by atoms with Gasteiger partial charge in [-0.25, -0.2) is 0 Å². The normalized spacial score (nSPS) is 11.2. The molecule has 0 bridgehead atoms. The fourth-order valence-electron chi connectivity index (χ4n) is 1.17. The molecule has 0 atom stereocenters. The van der Waals surface area contributed by atoms with Crippen LogP contribution in [0.25, 0.3) is 0 Å². The van der Waals surface area contributed by atoms with Crippen molar-refractivity contribution < 1.29 is 0 Å². The van der Waals surface area contributed by atoms with Gasteiger partial charge in [0.1, 0.15) is 5.15 Å². The molecule has 0 radical (unpaired) electrons. The SMILES string of the molecule is Cc1nn(CCC(C)C)c(Cl)c1C. The molecule has 0 aromatic carbocycles. The third kappa shape index (κ3) is 2.47. The molecular weight excluding hydrogens is 184 g/mol. The van der Waals surface area contributed by atoms with Crippen LogP contribution in [0.1, 0.15) is 31.5 Å². The van der Waals surface area contributed by atoms with Crippen LogP contribution in [0, 0.1) is 19.8 Å². The van der Waals surface area contributed by atoms with Gasteiger partial charge in [-0.2, -0.15) is 5.10 Å². The lowest BCUT2D eigenvalue weighted by molar-refractivity contribution is 0.486. The van der Waals surface area contributed by atoms with E-state index in [2.05, 4.69) is 18.9 Å². The molecule has 0 saturated carbocycles. The van der Waals surface area contributed by atoms with Crippen LogP contribution in [0.15, 0.2) is 0 Å². The van der Waals surface area contributed by atoms with E-state index in [4.69, 9.17) is 11.6 Å². The molecule has 0 aliphatic rings. The van der Waals surface area contributed by atoms with E-state index >= 15 is 0 Å². The van der Waals surface area contributed by atoms with Crippen molar-refractivity contribution in [1.29, 1.82) is 0 Å². The van der Waals surface area contributed by atoms with Crippen molar-refractivity contribution in [1.82, 2.24) is 9.78 Å². The van der Waals surface area contributed by atoms with E-state index in [-0.39, 0.29) is 0 Å². The molecule has 0 amide bonds. The molecule has 1 heterocycles. The molecular formula is C10H17ClN2. The van der Waals surface area contributed by atoms with Crippen LogP contribution in [0.4, 0.5) is 0 Å².